The van der Waals surface area contributed by atoms with Gasteiger partial charge in [-0.2, -0.15) is 13.2 Å². The van der Waals surface area contributed by atoms with Crippen molar-refractivity contribution in [1.29, 1.82) is 0 Å². The van der Waals surface area contributed by atoms with Gasteiger partial charge in [0.1, 0.15) is 11.5 Å². The predicted octanol–water partition coefficient (Wildman–Crippen LogP) is -0.217. The number of alkyl halides is 3. The average molecular weight is 189 g/mol. The van der Waals surface area contributed by atoms with Crippen LogP contribution in [0.25, 0.3) is 0 Å². The van der Waals surface area contributed by atoms with Gasteiger partial charge in [-0.1, -0.05) is 0 Å². The van der Waals surface area contributed by atoms with E-state index in [-0.39, 0.29) is 0 Å². The van der Waals surface area contributed by atoms with Gasteiger partial charge in [0.15, 0.2) is 0 Å². The molecule has 0 radical (unpaired) electrons. The lowest BCUT2D eigenvalue weighted by atomic mass is 10.8. The van der Waals surface area contributed by atoms with E-state index < -0.39 is 34.4 Å². The molecule has 2 N–H and O–H groups in total. The van der Waals surface area contributed by atoms with E-state index in [1.807, 2.05) is 0 Å². The number of nitrogens with two attached hydrogens (primary N) is 1. The van der Waals surface area contributed by atoms with Gasteiger partial charge in [-0.3, -0.25) is 9.00 Å². The molecule has 0 saturated heterocycles. The Hall–Kier alpha value is -0.590. The van der Waals surface area contributed by atoms with Gasteiger partial charge in [-0.25, -0.2) is 0 Å². The van der Waals surface area contributed by atoms with Crippen LogP contribution in [0.2, 0.25) is 0 Å². The summed E-state index contributed by atoms with van der Waals surface area (Å²) in [7, 11) is -2.22. The van der Waals surface area contributed by atoms with Crippen LogP contribution in [0, 0.1) is 0 Å². The molecule has 1 atom stereocenters. The lowest BCUT2D eigenvalue weighted by Crippen LogP contribution is -2.26. The molecule has 1 amide bonds. The Morgan fingerprint density at radius 1 is 1.45 bits per heavy atom. The van der Waals surface area contributed by atoms with Gasteiger partial charge in [-0.15, -0.1) is 0 Å². The van der Waals surface area contributed by atoms with E-state index in [1.54, 1.807) is 0 Å². The second-order valence-electron chi connectivity index (χ2n) is 1.81. The molecule has 0 aliphatic rings. The maximum absolute atomic E-state index is 11.4. The first-order valence-electron chi connectivity index (χ1n) is 2.51. The number of carbonyl (C=O) groups is 1. The van der Waals surface area contributed by atoms with E-state index in [9.17, 15) is 22.2 Å². The maximum Gasteiger partial charge on any atom is 0.400 e. The molecule has 3 nitrogen and oxygen atoms in total. The number of halogens is 3. The van der Waals surface area contributed by atoms with Crippen LogP contribution < -0.4 is 5.73 Å². The van der Waals surface area contributed by atoms with Gasteiger partial charge in [0.25, 0.3) is 0 Å². The zero-order valence-electron chi connectivity index (χ0n) is 5.35. The summed E-state index contributed by atoms with van der Waals surface area (Å²) in [5, 5.41) is 0. The van der Waals surface area contributed by atoms with E-state index >= 15 is 0 Å². The summed E-state index contributed by atoms with van der Waals surface area (Å²) in [6, 6.07) is 0. The van der Waals surface area contributed by atoms with Crippen molar-refractivity contribution < 1.29 is 22.2 Å². The molecule has 7 heteroatoms. The molecule has 0 aliphatic carbocycles. The van der Waals surface area contributed by atoms with Crippen molar-refractivity contribution in [3.8, 4) is 0 Å². The topological polar surface area (TPSA) is 60.2 Å². The van der Waals surface area contributed by atoms with Crippen molar-refractivity contribution in [2.24, 2.45) is 5.73 Å². The first kappa shape index (κ1) is 10.4. The van der Waals surface area contributed by atoms with Crippen LogP contribution in [0.1, 0.15) is 0 Å². The number of amides is 1. The highest BCUT2D eigenvalue weighted by Crippen LogP contribution is 2.15. The molecule has 0 aromatic heterocycles. The highest BCUT2D eigenvalue weighted by atomic mass is 32.2. The van der Waals surface area contributed by atoms with Gasteiger partial charge >= 0.3 is 6.18 Å². The highest BCUT2D eigenvalue weighted by molar-refractivity contribution is 7.85. The third-order valence-electron chi connectivity index (χ3n) is 0.628. The van der Waals surface area contributed by atoms with Crippen LogP contribution in [0.3, 0.4) is 0 Å². The minimum Gasteiger partial charge on any atom is -0.369 e. The zero-order valence-corrected chi connectivity index (χ0v) is 6.17. The molecule has 0 rings (SSSR count). The number of hydrogen-bond acceptors (Lipinski definition) is 2. The number of hydrogen-bond donors (Lipinski definition) is 1. The Labute approximate surface area is 63.2 Å². The van der Waals surface area contributed by atoms with Gasteiger partial charge in [0.05, 0.1) is 0 Å². The van der Waals surface area contributed by atoms with Crippen molar-refractivity contribution >= 4 is 16.7 Å². The summed E-state index contributed by atoms with van der Waals surface area (Å²) in [6.45, 7) is 0. The lowest BCUT2D eigenvalue weighted by molar-refractivity contribution is -0.115. The van der Waals surface area contributed by atoms with Gasteiger partial charge < -0.3 is 5.73 Å². The van der Waals surface area contributed by atoms with Crippen LogP contribution in [0.4, 0.5) is 13.2 Å². The largest absolute Gasteiger partial charge is 0.400 e. The summed E-state index contributed by atoms with van der Waals surface area (Å²) in [5.41, 5.74) is 4.51. The third kappa shape index (κ3) is 7.31. The van der Waals surface area contributed by atoms with E-state index in [1.165, 1.54) is 0 Å². The first-order valence-corrected chi connectivity index (χ1v) is 4.00. The molecule has 0 spiro atoms. The summed E-state index contributed by atoms with van der Waals surface area (Å²) < 4.78 is 44.6. The van der Waals surface area contributed by atoms with Crippen molar-refractivity contribution in [3.05, 3.63) is 0 Å². The Kier molecular flexibility index (Phi) is 3.50. The second kappa shape index (κ2) is 3.70. The summed E-state index contributed by atoms with van der Waals surface area (Å²) in [5.74, 6) is -3.21. The molecule has 0 heterocycles. The highest BCUT2D eigenvalue weighted by Gasteiger charge is 2.30. The monoisotopic (exact) mass is 189 g/mol. The Morgan fingerprint density at radius 3 is 2.18 bits per heavy atom. The molecular formula is C4H6F3NO2S. The number of carbonyl (C=O) groups excluding carboxylic acids is 1. The van der Waals surface area contributed by atoms with E-state index in [0.717, 1.165) is 0 Å². The second-order valence-corrected chi connectivity index (χ2v) is 3.27. The Morgan fingerprint density at radius 2 is 1.91 bits per heavy atom. The summed E-state index contributed by atoms with van der Waals surface area (Å²) in [6.07, 6.45) is -4.50. The molecular weight excluding hydrogens is 183 g/mol. The smallest absolute Gasteiger partial charge is 0.369 e. The van der Waals surface area contributed by atoms with Crippen LogP contribution >= 0.6 is 0 Å². The Bertz CT molecular complexity index is 179. The SMILES string of the molecule is NC(=O)CS(=O)CC(F)(F)F. The fourth-order valence-corrected chi connectivity index (χ4v) is 1.18. The Balaban J connectivity index is 3.80. The van der Waals surface area contributed by atoms with Crippen molar-refractivity contribution in [1.82, 2.24) is 0 Å². The molecule has 0 saturated carbocycles. The quantitative estimate of drug-likeness (QED) is 0.667. The molecule has 0 bridgehead atoms. The van der Waals surface area contributed by atoms with Gasteiger partial charge in [0.2, 0.25) is 5.91 Å². The van der Waals surface area contributed by atoms with Crippen LogP contribution in [-0.4, -0.2) is 27.8 Å². The van der Waals surface area contributed by atoms with Crippen LogP contribution in [0.15, 0.2) is 0 Å². The number of rotatable bonds is 3. The minimum atomic E-state index is -4.50. The van der Waals surface area contributed by atoms with Gasteiger partial charge in [0, 0.05) is 10.8 Å². The zero-order chi connectivity index (χ0) is 9.07. The van der Waals surface area contributed by atoms with E-state index in [0.29, 0.717) is 0 Å². The molecule has 1 unspecified atom stereocenters. The molecule has 0 aromatic rings. The molecule has 0 fully saturated rings. The van der Waals surface area contributed by atoms with Crippen molar-refractivity contribution in [2.75, 3.05) is 11.5 Å². The molecule has 66 valence electrons. The van der Waals surface area contributed by atoms with Crippen LogP contribution in [0.5, 0.6) is 0 Å². The fourth-order valence-electron chi connectivity index (χ4n) is 0.392. The molecule has 0 aromatic carbocycles. The maximum atomic E-state index is 11.4. The fraction of sp³-hybridized carbons (Fsp3) is 0.750. The lowest BCUT2D eigenvalue weighted by Gasteiger charge is -2.03. The standard InChI is InChI=1S/C4H6F3NO2S/c5-4(6,7)2-11(10)1-3(8)9/h1-2H2,(H2,8,9). The number of primary amides is 1. The molecule has 11 heavy (non-hydrogen) atoms. The predicted molar refractivity (Wildman–Crippen MR) is 33.1 cm³/mol. The molecule has 0 aliphatic heterocycles. The minimum absolute atomic E-state index is 0.737. The van der Waals surface area contributed by atoms with Crippen molar-refractivity contribution in [2.45, 2.75) is 6.18 Å². The first-order chi connectivity index (χ1) is 4.81. The average Bonchev–Trinajstić information content (AvgIpc) is 1.53. The summed E-state index contributed by atoms with van der Waals surface area (Å²) >= 11 is 0. The van der Waals surface area contributed by atoms with Gasteiger partial charge in [-0.05, 0) is 0 Å². The van der Waals surface area contributed by atoms with Crippen LogP contribution in [-0.2, 0) is 15.6 Å². The van der Waals surface area contributed by atoms with E-state index in [2.05, 4.69) is 5.73 Å². The van der Waals surface area contributed by atoms with E-state index in [4.69, 9.17) is 0 Å². The third-order valence-corrected chi connectivity index (χ3v) is 1.88. The normalized spacial score (nSPS) is 14.5. The summed E-state index contributed by atoms with van der Waals surface area (Å²) in [4.78, 5) is 9.96. The van der Waals surface area contributed by atoms with Crippen molar-refractivity contribution in [3.63, 3.8) is 0 Å².